The van der Waals surface area contributed by atoms with Crippen molar-refractivity contribution in [2.24, 2.45) is 0 Å². The number of aryl methyl sites for hydroxylation is 1. The molecule has 0 aliphatic carbocycles. The number of ether oxygens (including phenoxy) is 2. The van der Waals surface area contributed by atoms with Crippen molar-refractivity contribution < 1.29 is 23.5 Å². The Kier molecular flexibility index (Phi) is 7.14. The number of halogens is 1. The van der Waals surface area contributed by atoms with Gasteiger partial charge in [-0.25, -0.2) is 9.18 Å². The molecule has 1 N–H and O–H groups in total. The molecule has 0 spiro atoms. The number of rotatable bonds is 8. The quantitative estimate of drug-likeness (QED) is 0.735. The molecule has 0 unspecified atom stereocenters. The summed E-state index contributed by atoms with van der Waals surface area (Å²) < 4.78 is 22.8. The van der Waals surface area contributed by atoms with Crippen LogP contribution in [0.1, 0.15) is 30.5 Å². The highest BCUT2D eigenvalue weighted by Gasteiger charge is 2.14. The van der Waals surface area contributed by atoms with Crippen LogP contribution in [0.3, 0.4) is 0 Å². The Balaban J connectivity index is 1.75. The molecule has 26 heavy (non-hydrogen) atoms. The van der Waals surface area contributed by atoms with Gasteiger partial charge in [-0.15, -0.1) is 0 Å². The number of benzene rings is 2. The molecule has 2 aromatic rings. The van der Waals surface area contributed by atoms with E-state index in [1.807, 2.05) is 38.1 Å². The van der Waals surface area contributed by atoms with Gasteiger partial charge in [-0.05, 0) is 43.2 Å². The molecular weight excluding hydrogens is 337 g/mol. The Morgan fingerprint density at radius 3 is 2.31 bits per heavy atom. The summed E-state index contributed by atoms with van der Waals surface area (Å²) in [4.78, 5) is 23.6. The summed E-state index contributed by atoms with van der Waals surface area (Å²) in [6, 6.07) is 13.0. The third-order valence-electron chi connectivity index (χ3n) is 3.76. The number of amides is 1. The highest BCUT2D eigenvalue weighted by molar-refractivity contribution is 5.81. The average Bonchev–Trinajstić information content (AvgIpc) is 2.65. The maximum Gasteiger partial charge on any atom is 0.344 e. The predicted molar refractivity (Wildman–Crippen MR) is 95.2 cm³/mol. The molecule has 0 heterocycles. The van der Waals surface area contributed by atoms with Gasteiger partial charge < -0.3 is 14.8 Å². The third kappa shape index (κ3) is 6.20. The molecule has 0 fully saturated rings. The molecule has 2 aromatic carbocycles. The molecule has 1 atom stereocenters. The SMILES string of the molecule is CC[C@H](NC(=O)COC(=O)COc1ccc(F)cc1)c1ccc(C)cc1. The number of hydrogen-bond acceptors (Lipinski definition) is 4. The fourth-order valence-corrected chi connectivity index (χ4v) is 2.32. The minimum Gasteiger partial charge on any atom is -0.482 e. The minimum atomic E-state index is -0.673. The van der Waals surface area contributed by atoms with E-state index in [-0.39, 0.29) is 25.2 Å². The van der Waals surface area contributed by atoms with Gasteiger partial charge in [0, 0.05) is 0 Å². The van der Waals surface area contributed by atoms with Crippen molar-refractivity contribution in [1.29, 1.82) is 0 Å². The molecule has 2 rings (SSSR count). The Labute approximate surface area is 152 Å². The second-order valence-electron chi connectivity index (χ2n) is 5.84. The van der Waals surface area contributed by atoms with Gasteiger partial charge in [-0.2, -0.15) is 0 Å². The standard InChI is InChI=1S/C20H22FNO4/c1-3-18(15-6-4-14(2)5-7-15)22-19(23)12-26-20(24)13-25-17-10-8-16(21)9-11-17/h4-11,18H,3,12-13H2,1-2H3,(H,22,23)/t18-/m0/s1. The smallest absolute Gasteiger partial charge is 0.344 e. The van der Waals surface area contributed by atoms with E-state index < -0.39 is 11.8 Å². The van der Waals surface area contributed by atoms with Gasteiger partial charge in [-0.1, -0.05) is 36.8 Å². The lowest BCUT2D eigenvalue weighted by Crippen LogP contribution is -2.32. The van der Waals surface area contributed by atoms with Crippen molar-refractivity contribution in [2.75, 3.05) is 13.2 Å². The lowest BCUT2D eigenvalue weighted by atomic mass is 10.0. The minimum absolute atomic E-state index is 0.141. The van der Waals surface area contributed by atoms with Crippen molar-refractivity contribution in [1.82, 2.24) is 5.32 Å². The van der Waals surface area contributed by atoms with Crippen LogP contribution in [0.25, 0.3) is 0 Å². The van der Waals surface area contributed by atoms with E-state index in [0.717, 1.165) is 17.5 Å². The van der Waals surface area contributed by atoms with Gasteiger partial charge in [0.1, 0.15) is 11.6 Å². The summed E-state index contributed by atoms with van der Waals surface area (Å²) in [5, 5.41) is 2.84. The maximum atomic E-state index is 12.8. The topological polar surface area (TPSA) is 64.6 Å². The number of nitrogens with one attached hydrogen (secondary N) is 1. The molecule has 0 aromatic heterocycles. The molecule has 6 heteroatoms. The summed E-state index contributed by atoms with van der Waals surface area (Å²) in [6.45, 7) is 3.23. The van der Waals surface area contributed by atoms with Gasteiger partial charge in [0.15, 0.2) is 13.2 Å². The van der Waals surface area contributed by atoms with Gasteiger partial charge in [-0.3, -0.25) is 4.79 Å². The Bertz CT molecular complexity index is 728. The predicted octanol–water partition coefficient (Wildman–Crippen LogP) is 3.32. The van der Waals surface area contributed by atoms with Crippen LogP contribution in [0.2, 0.25) is 0 Å². The number of esters is 1. The van der Waals surface area contributed by atoms with Crippen molar-refractivity contribution in [3.63, 3.8) is 0 Å². The van der Waals surface area contributed by atoms with Crippen molar-refractivity contribution >= 4 is 11.9 Å². The highest BCUT2D eigenvalue weighted by atomic mass is 19.1. The molecule has 0 bridgehead atoms. The van der Waals surface area contributed by atoms with Crippen LogP contribution in [-0.2, 0) is 14.3 Å². The largest absolute Gasteiger partial charge is 0.482 e. The number of hydrogen-bond donors (Lipinski definition) is 1. The average molecular weight is 359 g/mol. The van der Waals surface area contributed by atoms with E-state index in [4.69, 9.17) is 9.47 Å². The molecule has 138 valence electrons. The first-order valence-electron chi connectivity index (χ1n) is 8.38. The summed E-state index contributed by atoms with van der Waals surface area (Å²) in [5.74, 6) is -1.10. The summed E-state index contributed by atoms with van der Waals surface area (Å²) >= 11 is 0. The van der Waals surface area contributed by atoms with E-state index in [2.05, 4.69) is 5.32 Å². The Hall–Kier alpha value is -2.89. The monoisotopic (exact) mass is 359 g/mol. The van der Waals surface area contributed by atoms with Crippen LogP contribution in [0.15, 0.2) is 48.5 Å². The van der Waals surface area contributed by atoms with Crippen molar-refractivity contribution in [3.05, 3.63) is 65.5 Å². The molecule has 0 aliphatic rings. The van der Waals surface area contributed by atoms with E-state index in [1.165, 1.54) is 24.3 Å². The fourth-order valence-electron chi connectivity index (χ4n) is 2.32. The zero-order valence-electron chi connectivity index (χ0n) is 14.8. The molecule has 1 amide bonds. The third-order valence-corrected chi connectivity index (χ3v) is 3.76. The lowest BCUT2D eigenvalue weighted by Gasteiger charge is -2.17. The molecule has 0 saturated heterocycles. The molecule has 0 radical (unpaired) electrons. The lowest BCUT2D eigenvalue weighted by molar-refractivity contribution is -0.150. The second-order valence-corrected chi connectivity index (χ2v) is 5.84. The molecule has 0 aliphatic heterocycles. The van der Waals surface area contributed by atoms with Gasteiger partial charge in [0.25, 0.3) is 5.91 Å². The number of carbonyl (C=O) groups is 2. The molecular formula is C20H22FNO4. The van der Waals surface area contributed by atoms with Crippen LogP contribution in [0, 0.1) is 12.7 Å². The Morgan fingerprint density at radius 1 is 1.04 bits per heavy atom. The van der Waals surface area contributed by atoms with Gasteiger partial charge >= 0.3 is 5.97 Å². The van der Waals surface area contributed by atoms with E-state index in [9.17, 15) is 14.0 Å². The van der Waals surface area contributed by atoms with Crippen LogP contribution >= 0.6 is 0 Å². The molecule has 5 nitrogen and oxygen atoms in total. The number of carbonyl (C=O) groups excluding carboxylic acids is 2. The summed E-state index contributed by atoms with van der Waals surface area (Å²) in [6.07, 6.45) is 0.719. The van der Waals surface area contributed by atoms with E-state index in [0.29, 0.717) is 5.75 Å². The zero-order valence-corrected chi connectivity index (χ0v) is 14.8. The Morgan fingerprint density at radius 2 is 1.69 bits per heavy atom. The first-order chi connectivity index (χ1) is 12.5. The van der Waals surface area contributed by atoms with Crippen LogP contribution < -0.4 is 10.1 Å². The van der Waals surface area contributed by atoms with Crippen LogP contribution in [0.4, 0.5) is 4.39 Å². The first-order valence-corrected chi connectivity index (χ1v) is 8.38. The summed E-state index contributed by atoms with van der Waals surface area (Å²) in [5.41, 5.74) is 2.14. The highest BCUT2D eigenvalue weighted by Crippen LogP contribution is 2.17. The second kappa shape index (κ2) is 9.56. The van der Waals surface area contributed by atoms with E-state index in [1.54, 1.807) is 0 Å². The van der Waals surface area contributed by atoms with Crippen LogP contribution in [0.5, 0.6) is 5.75 Å². The van der Waals surface area contributed by atoms with E-state index >= 15 is 0 Å². The van der Waals surface area contributed by atoms with Gasteiger partial charge in [0.05, 0.1) is 6.04 Å². The van der Waals surface area contributed by atoms with Crippen LogP contribution in [-0.4, -0.2) is 25.1 Å². The van der Waals surface area contributed by atoms with Crippen molar-refractivity contribution in [2.45, 2.75) is 26.3 Å². The maximum absolute atomic E-state index is 12.8. The summed E-state index contributed by atoms with van der Waals surface area (Å²) in [7, 11) is 0. The first kappa shape index (κ1) is 19.4. The molecule has 0 saturated carbocycles. The normalized spacial score (nSPS) is 11.5. The zero-order chi connectivity index (χ0) is 18.9. The van der Waals surface area contributed by atoms with Crippen molar-refractivity contribution in [3.8, 4) is 5.75 Å². The fraction of sp³-hybridized carbons (Fsp3) is 0.300. The van der Waals surface area contributed by atoms with Gasteiger partial charge in [0.2, 0.25) is 0 Å².